The minimum absolute atomic E-state index is 0.116. The van der Waals surface area contributed by atoms with E-state index in [9.17, 15) is 9.18 Å². The second-order valence-corrected chi connectivity index (χ2v) is 3.12. The molecule has 0 aliphatic rings. The molecule has 1 N–H and O–H groups in total. The zero-order valence-corrected chi connectivity index (χ0v) is 7.94. The number of nitrogens with zero attached hydrogens (tertiary/aromatic N) is 2. The molecule has 0 fully saturated rings. The van der Waals surface area contributed by atoms with Gasteiger partial charge in [0.05, 0.1) is 18.2 Å². The molecule has 0 bridgehead atoms. The standard InChI is InChI=1S/C9H11FN2O2/c1-6(2)12-5-11-4-7(12)3-8(10)9(13)14/h3-6H,1-2H3,(H,13,14)/b8-3+. The zero-order chi connectivity index (χ0) is 10.7. The predicted molar refractivity (Wildman–Crippen MR) is 49.3 cm³/mol. The van der Waals surface area contributed by atoms with Gasteiger partial charge in [0, 0.05) is 12.1 Å². The summed E-state index contributed by atoms with van der Waals surface area (Å²) in [4.78, 5) is 14.0. The lowest BCUT2D eigenvalue weighted by Crippen LogP contribution is -2.02. The van der Waals surface area contributed by atoms with Gasteiger partial charge in [-0.15, -0.1) is 0 Å². The highest BCUT2D eigenvalue weighted by Crippen LogP contribution is 2.13. The van der Waals surface area contributed by atoms with Crippen LogP contribution in [0.15, 0.2) is 18.4 Å². The molecule has 0 aliphatic carbocycles. The Morgan fingerprint density at radius 3 is 2.86 bits per heavy atom. The number of carbonyl (C=O) groups is 1. The van der Waals surface area contributed by atoms with Crippen molar-refractivity contribution in [1.29, 1.82) is 0 Å². The fourth-order valence-corrected chi connectivity index (χ4v) is 1.05. The average molecular weight is 198 g/mol. The smallest absolute Gasteiger partial charge is 0.364 e. The van der Waals surface area contributed by atoms with Crippen molar-refractivity contribution in [2.24, 2.45) is 0 Å². The molecule has 1 aromatic rings. The van der Waals surface area contributed by atoms with Gasteiger partial charge in [-0.3, -0.25) is 0 Å². The lowest BCUT2D eigenvalue weighted by Gasteiger charge is -2.08. The molecule has 0 saturated carbocycles. The third-order valence-corrected chi connectivity index (χ3v) is 1.73. The van der Waals surface area contributed by atoms with E-state index in [2.05, 4.69) is 4.98 Å². The van der Waals surface area contributed by atoms with Crippen LogP contribution in [0.25, 0.3) is 6.08 Å². The molecule has 0 spiro atoms. The first-order valence-corrected chi connectivity index (χ1v) is 4.14. The van der Waals surface area contributed by atoms with Gasteiger partial charge in [0.2, 0.25) is 5.83 Å². The first kappa shape index (κ1) is 10.4. The Kier molecular flexibility index (Phi) is 3.01. The molecular formula is C9H11FN2O2. The molecule has 1 aromatic heterocycles. The Labute approximate surface area is 80.7 Å². The maximum Gasteiger partial charge on any atom is 0.364 e. The summed E-state index contributed by atoms with van der Waals surface area (Å²) in [6, 6.07) is 0.116. The monoisotopic (exact) mass is 198 g/mol. The van der Waals surface area contributed by atoms with Gasteiger partial charge in [-0.05, 0) is 13.8 Å². The quantitative estimate of drug-likeness (QED) is 0.754. The average Bonchev–Trinajstić information content (AvgIpc) is 2.52. The van der Waals surface area contributed by atoms with Crippen molar-refractivity contribution in [3.63, 3.8) is 0 Å². The second-order valence-electron chi connectivity index (χ2n) is 3.12. The van der Waals surface area contributed by atoms with Gasteiger partial charge in [-0.1, -0.05) is 0 Å². The molecule has 1 rings (SSSR count). The molecule has 4 nitrogen and oxygen atoms in total. The van der Waals surface area contributed by atoms with Crippen molar-refractivity contribution in [2.45, 2.75) is 19.9 Å². The van der Waals surface area contributed by atoms with E-state index in [1.165, 1.54) is 12.5 Å². The van der Waals surface area contributed by atoms with E-state index in [1.807, 2.05) is 13.8 Å². The summed E-state index contributed by atoms with van der Waals surface area (Å²) in [5.74, 6) is -2.76. The molecular weight excluding hydrogens is 187 g/mol. The van der Waals surface area contributed by atoms with Crippen LogP contribution in [0.5, 0.6) is 0 Å². The second kappa shape index (κ2) is 4.04. The maximum atomic E-state index is 12.8. The van der Waals surface area contributed by atoms with Gasteiger partial charge >= 0.3 is 5.97 Å². The van der Waals surface area contributed by atoms with Crippen molar-refractivity contribution in [1.82, 2.24) is 9.55 Å². The van der Waals surface area contributed by atoms with Gasteiger partial charge < -0.3 is 9.67 Å². The van der Waals surface area contributed by atoms with Gasteiger partial charge in [-0.2, -0.15) is 4.39 Å². The summed E-state index contributed by atoms with van der Waals surface area (Å²) in [6.07, 6.45) is 3.91. The Balaban J connectivity index is 3.02. The molecule has 0 aromatic carbocycles. The molecule has 5 heteroatoms. The van der Waals surface area contributed by atoms with Crippen LogP contribution in [0.4, 0.5) is 4.39 Å². The number of halogens is 1. The number of carboxylic acid groups (broad SMARTS) is 1. The molecule has 0 atom stereocenters. The van der Waals surface area contributed by atoms with E-state index in [4.69, 9.17) is 5.11 Å². The van der Waals surface area contributed by atoms with Gasteiger partial charge in [-0.25, -0.2) is 9.78 Å². The summed E-state index contributed by atoms with van der Waals surface area (Å²) in [5.41, 5.74) is 0.444. The number of rotatable bonds is 3. The largest absolute Gasteiger partial charge is 0.476 e. The number of aliphatic carboxylic acids is 1. The number of carboxylic acids is 1. The summed E-state index contributed by atoms with van der Waals surface area (Å²) >= 11 is 0. The molecule has 0 aliphatic heterocycles. The number of aromatic nitrogens is 2. The van der Waals surface area contributed by atoms with Crippen molar-refractivity contribution in [3.8, 4) is 0 Å². The van der Waals surface area contributed by atoms with E-state index in [1.54, 1.807) is 4.57 Å². The molecule has 0 radical (unpaired) electrons. The van der Waals surface area contributed by atoms with Crippen molar-refractivity contribution >= 4 is 12.0 Å². The summed E-state index contributed by atoms with van der Waals surface area (Å²) in [5, 5.41) is 8.34. The summed E-state index contributed by atoms with van der Waals surface area (Å²) < 4.78 is 14.4. The summed E-state index contributed by atoms with van der Waals surface area (Å²) in [7, 11) is 0. The molecule has 0 amide bonds. The number of hydrogen-bond acceptors (Lipinski definition) is 2. The number of hydrogen-bond donors (Lipinski definition) is 1. The van der Waals surface area contributed by atoms with E-state index >= 15 is 0 Å². The minimum Gasteiger partial charge on any atom is -0.476 e. The number of imidazole rings is 1. The highest BCUT2D eigenvalue weighted by Gasteiger charge is 2.08. The molecule has 0 unspecified atom stereocenters. The topological polar surface area (TPSA) is 55.1 Å². The van der Waals surface area contributed by atoms with E-state index in [0.717, 1.165) is 6.08 Å². The zero-order valence-electron chi connectivity index (χ0n) is 7.94. The maximum absolute atomic E-state index is 12.8. The molecule has 76 valence electrons. The molecule has 14 heavy (non-hydrogen) atoms. The fraction of sp³-hybridized carbons (Fsp3) is 0.333. The van der Waals surface area contributed by atoms with Crippen LogP contribution >= 0.6 is 0 Å². The Morgan fingerprint density at radius 2 is 2.36 bits per heavy atom. The van der Waals surface area contributed by atoms with Crippen LogP contribution in [0.1, 0.15) is 25.6 Å². The first-order chi connectivity index (χ1) is 6.52. The fourth-order valence-electron chi connectivity index (χ4n) is 1.05. The Hall–Kier alpha value is -1.65. The predicted octanol–water partition coefficient (Wildman–Crippen LogP) is 1.86. The normalized spacial score (nSPS) is 12.1. The van der Waals surface area contributed by atoms with Gasteiger partial charge in [0.15, 0.2) is 0 Å². The van der Waals surface area contributed by atoms with E-state index in [0.29, 0.717) is 5.69 Å². The van der Waals surface area contributed by atoms with Crippen LogP contribution < -0.4 is 0 Å². The lowest BCUT2D eigenvalue weighted by atomic mass is 10.3. The van der Waals surface area contributed by atoms with Crippen LogP contribution in [-0.4, -0.2) is 20.6 Å². The van der Waals surface area contributed by atoms with Crippen molar-refractivity contribution in [3.05, 3.63) is 24.0 Å². The summed E-state index contributed by atoms with van der Waals surface area (Å²) in [6.45, 7) is 3.80. The third-order valence-electron chi connectivity index (χ3n) is 1.73. The van der Waals surface area contributed by atoms with Crippen LogP contribution in [0.3, 0.4) is 0 Å². The molecule has 1 heterocycles. The Bertz CT molecular complexity index is 369. The van der Waals surface area contributed by atoms with Crippen LogP contribution in [0.2, 0.25) is 0 Å². The SMILES string of the molecule is CC(C)n1cncc1/C=C(/F)C(=O)O. The highest BCUT2D eigenvalue weighted by atomic mass is 19.1. The minimum atomic E-state index is -1.57. The first-order valence-electron chi connectivity index (χ1n) is 4.14. The lowest BCUT2D eigenvalue weighted by molar-refractivity contribution is -0.134. The highest BCUT2D eigenvalue weighted by molar-refractivity contribution is 5.89. The van der Waals surface area contributed by atoms with E-state index in [-0.39, 0.29) is 6.04 Å². The third kappa shape index (κ3) is 2.18. The van der Waals surface area contributed by atoms with Crippen molar-refractivity contribution < 1.29 is 14.3 Å². The van der Waals surface area contributed by atoms with Gasteiger partial charge in [0.1, 0.15) is 0 Å². The van der Waals surface area contributed by atoms with Crippen LogP contribution in [0, 0.1) is 0 Å². The van der Waals surface area contributed by atoms with Crippen molar-refractivity contribution in [2.75, 3.05) is 0 Å². The van der Waals surface area contributed by atoms with Crippen LogP contribution in [-0.2, 0) is 4.79 Å². The van der Waals surface area contributed by atoms with E-state index < -0.39 is 11.8 Å². The van der Waals surface area contributed by atoms with Gasteiger partial charge in [0.25, 0.3) is 0 Å². The Morgan fingerprint density at radius 1 is 1.71 bits per heavy atom. The molecule has 0 saturated heterocycles.